The van der Waals surface area contributed by atoms with Crippen LogP contribution in [0.25, 0.3) is 6.08 Å². The molecule has 192 valence electrons. The van der Waals surface area contributed by atoms with E-state index in [-0.39, 0.29) is 12.1 Å². The fraction of sp³-hybridized carbons (Fsp3) is 0.643. The smallest absolute Gasteiger partial charge is 0.320 e. The van der Waals surface area contributed by atoms with Crippen molar-refractivity contribution in [2.75, 3.05) is 19.6 Å². The average molecular weight is 484 g/mol. The van der Waals surface area contributed by atoms with E-state index in [9.17, 15) is 9.59 Å². The largest absolute Gasteiger partial charge is 0.461 e. The summed E-state index contributed by atoms with van der Waals surface area (Å²) in [5.41, 5.74) is 3.76. The first-order valence-electron chi connectivity index (χ1n) is 13.5. The lowest BCUT2D eigenvalue weighted by Gasteiger charge is -2.43. The summed E-state index contributed by atoms with van der Waals surface area (Å²) < 4.78 is 5.84. The number of piperidine rings is 1. The highest BCUT2D eigenvalue weighted by Crippen LogP contribution is 2.29. The molecule has 0 spiro atoms. The van der Waals surface area contributed by atoms with Crippen molar-refractivity contribution in [3.05, 3.63) is 41.5 Å². The van der Waals surface area contributed by atoms with Crippen LogP contribution >= 0.6 is 0 Å². The molecule has 4 rings (SSSR count). The molecular formula is C28H41N3O4. The maximum absolute atomic E-state index is 12.8. The molecule has 7 nitrogen and oxygen atoms in total. The average Bonchev–Trinajstić information content (AvgIpc) is 3.41. The number of amides is 1. The lowest BCUT2D eigenvalue weighted by molar-refractivity contribution is -0.152. The number of carbonyl (C=O) groups excluding carboxylic acids is 2. The fourth-order valence-electron chi connectivity index (χ4n) is 5.96. The highest BCUT2D eigenvalue weighted by atomic mass is 16.5. The minimum atomic E-state index is -0.536. The van der Waals surface area contributed by atoms with E-state index in [2.05, 4.69) is 21.9 Å². The van der Waals surface area contributed by atoms with E-state index in [0.29, 0.717) is 18.6 Å². The van der Waals surface area contributed by atoms with Crippen molar-refractivity contribution < 1.29 is 19.5 Å². The molecule has 7 heteroatoms. The molecule has 0 bridgehead atoms. The number of carbonyl (C=O) groups is 2. The van der Waals surface area contributed by atoms with Crippen LogP contribution in [0.4, 0.5) is 0 Å². The van der Waals surface area contributed by atoms with Crippen LogP contribution in [0, 0.1) is 0 Å². The van der Waals surface area contributed by atoms with Gasteiger partial charge in [-0.1, -0.05) is 43.5 Å². The number of rotatable bonds is 9. The summed E-state index contributed by atoms with van der Waals surface area (Å²) in [4.78, 5) is 29.0. The van der Waals surface area contributed by atoms with Gasteiger partial charge in [-0.15, -0.1) is 0 Å². The Morgan fingerprint density at radius 2 is 1.57 bits per heavy atom. The summed E-state index contributed by atoms with van der Waals surface area (Å²) >= 11 is 0. The summed E-state index contributed by atoms with van der Waals surface area (Å²) in [6, 6.07) is 9.14. The van der Waals surface area contributed by atoms with Gasteiger partial charge in [0.05, 0.1) is 6.54 Å². The van der Waals surface area contributed by atoms with E-state index in [4.69, 9.17) is 9.94 Å². The maximum atomic E-state index is 12.8. The normalized spacial score (nSPS) is 21.1. The number of esters is 1. The molecule has 3 aliphatic rings. The molecule has 1 aromatic rings. The Kier molecular flexibility index (Phi) is 9.74. The molecule has 1 amide bonds. The van der Waals surface area contributed by atoms with Gasteiger partial charge in [0.2, 0.25) is 0 Å². The van der Waals surface area contributed by atoms with Crippen molar-refractivity contribution in [2.45, 2.75) is 95.4 Å². The minimum absolute atomic E-state index is 0.0180. The Balaban J connectivity index is 1.29. The quantitative estimate of drug-likeness (QED) is 0.236. The van der Waals surface area contributed by atoms with Gasteiger partial charge in [-0.2, -0.15) is 0 Å². The van der Waals surface area contributed by atoms with Crippen molar-refractivity contribution in [3.8, 4) is 0 Å². The topological polar surface area (TPSA) is 82.1 Å². The van der Waals surface area contributed by atoms with Crippen molar-refractivity contribution in [1.82, 2.24) is 15.3 Å². The number of nitrogens with zero attached hydrogens (tertiary/aromatic N) is 2. The van der Waals surface area contributed by atoms with Crippen molar-refractivity contribution in [1.29, 1.82) is 0 Å². The Bertz CT molecular complexity index is 836. The van der Waals surface area contributed by atoms with Crippen LogP contribution in [0.3, 0.4) is 0 Å². The van der Waals surface area contributed by atoms with Crippen LogP contribution in [-0.4, -0.2) is 64.7 Å². The van der Waals surface area contributed by atoms with Gasteiger partial charge in [0, 0.05) is 24.7 Å². The predicted octanol–water partition coefficient (Wildman–Crippen LogP) is 4.29. The molecule has 2 aliphatic carbocycles. The molecule has 0 radical (unpaired) electrons. The zero-order valence-electron chi connectivity index (χ0n) is 20.9. The molecule has 0 aromatic heterocycles. The van der Waals surface area contributed by atoms with Gasteiger partial charge < -0.3 is 4.74 Å². The second-order valence-electron chi connectivity index (χ2n) is 10.4. The number of nitrogens with one attached hydrogen (secondary N) is 1. The summed E-state index contributed by atoms with van der Waals surface area (Å²) in [5.74, 6) is -0.554. The van der Waals surface area contributed by atoms with Gasteiger partial charge in [-0.05, 0) is 81.7 Å². The van der Waals surface area contributed by atoms with E-state index in [0.717, 1.165) is 50.9 Å². The molecule has 1 aliphatic heterocycles. The first kappa shape index (κ1) is 25.9. The van der Waals surface area contributed by atoms with Crippen molar-refractivity contribution >= 4 is 18.0 Å². The first-order chi connectivity index (χ1) is 17.1. The van der Waals surface area contributed by atoms with Crippen molar-refractivity contribution in [2.24, 2.45) is 0 Å². The standard InChI is InChI=1S/C28H41N3O4/c32-27(29-34)15-14-22-10-12-23(13-11-22)20-30-18-16-25(17-19-30)31(24-6-2-1-3-7-24)21-28(33)35-26-8-4-5-9-26/h10-15,24-26,34H,1-9,16-21H2,(H,29,32)/b15-14+. The Morgan fingerprint density at radius 1 is 0.943 bits per heavy atom. The van der Waals surface area contributed by atoms with Crippen LogP contribution in [0.2, 0.25) is 0 Å². The number of ether oxygens (including phenoxy) is 1. The summed E-state index contributed by atoms with van der Waals surface area (Å²) in [5, 5.41) is 8.58. The molecule has 1 saturated heterocycles. The number of hydrogen-bond donors (Lipinski definition) is 2. The zero-order valence-corrected chi connectivity index (χ0v) is 20.9. The molecule has 2 N–H and O–H groups in total. The number of likely N-dealkylation sites (tertiary alicyclic amines) is 1. The molecule has 0 atom stereocenters. The van der Waals surface area contributed by atoms with E-state index in [1.54, 1.807) is 11.6 Å². The third kappa shape index (κ3) is 7.89. The molecule has 1 aromatic carbocycles. The first-order valence-corrected chi connectivity index (χ1v) is 13.5. The van der Waals surface area contributed by atoms with Gasteiger partial charge in [0.25, 0.3) is 5.91 Å². The molecule has 0 unspecified atom stereocenters. The lowest BCUT2D eigenvalue weighted by atomic mass is 9.91. The van der Waals surface area contributed by atoms with Gasteiger partial charge in [0.15, 0.2) is 0 Å². The number of hydroxylamine groups is 1. The highest BCUT2D eigenvalue weighted by molar-refractivity contribution is 5.90. The maximum Gasteiger partial charge on any atom is 0.320 e. The van der Waals surface area contributed by atoms with E-state index in [1.807, 2.05) is 12.1 Å². The van der Waals surface area contributed by atoms with Crippen LogP contribution in [0.1, 0.15) is 81.8 Å². The summed E-state index contributed by atoms with van der Waals surface area (Å²) in [6.07, 6.45) is 16.0. The number of hydrogen-bond acceptors (Lipinski definition) is 6. The second-order valence-corrected chi connectivity index (χ2v) is 10.4. The molecule has 1 heterocycles. The molecular weight excluding hydrogens is 442 g/mol. The van der Waals surface area contributed by atoms with Gasteiger partial charge in [-0.3, -0.25) is 24.6 Å². The van der Waals surface area contributed by atoms with Gasteiger partial charge in [-0.25, -0.2) is 5.48 Å². The van der Waals surface area contributed by atoms with Crippen molar-refractivity contribution in [3.63, 3.8) is 0 Å². The molecule has 2 saturated carbocycles. The second kappa shape index (κ2) is 13.2. The Morgan fingerprint density at radius 3 is 2.23 bits per heavy atom. The van der Waals surface area contributed by atoms with E-state index in [1.165, 1.54) is 56.6 Å². The van der Waals surface area contributed by atoms with Crippen LogP contribution < -0.4 is 5.48 Å². The van der Waals surface area contributed by atoms with Crippen LogP contribution in [0.15, 0.2) is 30.3 Å². The van der Waals surface area contributed by atoms with Crippen LogP contribution in [0.5, 0.6) is 0 Å². The summed E-state index contributed by atoms with van der Waals surface area (Å²) in [7, 11) is 0. The highest BCUT2D eigenvalue weighted by Gasteiger charge is 2.33. The zero-order chi connectivity index (χ0) is 24.5. The Labute approximate surface area is 209 Å². The minimum Gasteiger partial charge on any atom is -0.461 e. The van der Waals surface area contributed by atoms with Gasteiger partial charge in [0.1, 0.15) is 6.10 Å². The SMILES string of the molecule is O=C(/C=C/c1ccc(CN2CCC(N(CC(=O)OC3CCCC3)C3CCCCC3)CC2)cc1)NO. The summed E-state index contributed by atoms with van der Waals surface area (Å²) in [6.45, 7) is 3.42. The third-order valence-corrected chi connectivity index (χ3v) is 7.91. The van der Waals surface area contributed by atoms with E-state index < -0.39 is 5.91 Å². The van der Waals surface area contributed by atoms with Crippen LogP contribution in [-0.2, 0) is 20.9 Å². The molecule has 35 heavy (non-hydrogen) atoms. The predicted molar refractivity (Wildman–Crippen MR) is 136 cm³/mol. The van der Waals surface area contributed by atoms with Gasteiger partial charge >= 0.3 is 5.97 Å². The number of benzene rings is 1. The fourth-order valence-corrected chi connectivity index (χ4v) is 5.96. The van der Waals surface area contributed by atoms with E-state index >= 15 is 0 Å². The molecule has 3 fully saturated rings. The Hall–Kier alpha value is -2.22. The monoisotopic (exact) mass is 483 g/mol. The third-order valence-electron chi connectivity index (χ3n) is 7.91. The lowest BCUT2D eigenvalue weighted by Crippen LogP contribution is -2.51.